The first-order chi connectivity index (χ1) is 9.63. The van der Waals surface area contributed by atoms with Gasteiger partial charge in [-0.1, -0.05) is 0 Å². The molecule has 20 heavy (non-hydrogen) atoms. The van der Waals surface area contributed by atoms with E-state index in [1.54, 1.807) is 6.20 Å². The molecule has 108 valence electrons. The highest BCUT2D eigenvalue weighted by molar-refractivity contribution is 5.67. The number of rotatable bonds is 3. The topological polar surface area (TPSA) is 48.7 Å². The van der Waals surface area contributed by atoms with Gasteiger partial charge in [0.15, 0.2) is 5.82 Å². The molecule has 2 aromatic heterocycles. The van der Waals surface area contributed by atoms with Crippen molar-refractivity contribution in [3.05, 3.63) is 24.2 Å². The van der Waals surface area contributed by atoms with Gasteiger partial charge in [-0.05, 0) is 27.1 Å². The molecule has 1 aliphatic rings. The third-order valence-corrected chi connectivity index (χ3v) is 4.00. The minimum absolute atomic E-state index is 0.514. The predicted molar refractivity (Wildman–Crippen MR) is 80.1 cm³/mol. The van der Waals surface area contributed by atoms with Crippen LogP contribution in [0.2, 0.25) is 0 Å². The van der Waals surface area contributed by atoms with Crippen LogP contribution in [0.25, 0.3) is 5.52 Å². The number of hydrogen-bond donors (Lipinski definition) is 1. The van der Waals surface area contributed by atoms with E-state index in [1.807, 2.05) is 17.6 Å². The molecular weight excluding hydrogens is 252 g/mol. The molecule has 1 fully saturated rings. The van der Waals surface area contributed by atoms with Crippen LogP contribution in [0.5, 0.6) is 0 Å². The number of hydrogen-bond acceptors (Lipinski definition) is 5. The largest absolute Gasteiger partial charge is 0.367 e. The standard InChI is InChI=1S/C14H22N6/c1-11-8-13-14(15-4-5-20(13)17-11)16-9-12-10-18(2)6-7-19(12)3/h4-5,8,12H,6-7,9-10H2,1-3H3,(H,15,16). The molecule has 0 aromatic carbocycles. The van der Waals surface area contributed by atoms with Gasteiger partial charge in [0.1, 0.15) is 5.52 Å². The number of fused-ring (bicyclic) bond motifs is 1. The van der Waals surface area contributed by atoms with Crippen molar-refractivity contribution in [3.63, 3.8) is 0 Å². The molecular formula is C14H22N6. The van der Waals surface area contributed by atoms with Gasteiger partial charge in [-0.25, -0.2) is 9.50 Å². The maximum absolute atomic E-state index is 4.44. The molecule has 6 nitrogen and oxygen atoms in total. The van der Waals surface area contributed by atoms with E-state index in [0.717, 1.165) is 43.2 Å². The second-order valence-electron chi connectivity index (χ2n) is 5.67. The lowest BCUT2D eigenvalue weighted by Crippen LogP contribution is -2.52. The second kappa shape index (κ2) is 5.38. The summed E-state index contributed by atoms with van der Waals surface area (Å²) in [4.78, 5) is 9.23. The molecule has 1 saturated heterocycles. The van der Waals surface area contributed by atoms with Gasteiger partial charge in [-0.15, -0.1) is 0 Å². The Kier molecular flexibility index (Phi) is 3.58. The van der Waals surface area contributed by atoms with Crippen molar-refractivity contribution in [3.8, 4) is 0 Å². The number of aryl methyl sites for hydroxylation is 1. The van der Waals surface area contributed by atoms with Crippen molar-refractivity contribution in [1.29, 1.82) is 0 Å². The number of nitrogens with one attached hydrogen (secondary N) is 1. The van der Waals surface area contributed by atoms with E-state index in [-0.39, 0.29) is 0 Å². The fourth-order valence-corrected chi connectivity index (χ4v) is 2.72. The minimum atomic E-state index is 0.514. The number of piperazine rings is 1. The zero-order chi connectivity index (χ0) is 14.1. The highest BCUT2D eigenvalue weighted by Gasteiger charge is 2.22. The molecule has 0 saturated carbocycles. The molecule has 3 rings (SSSR count). The monoisotopic (exact) mass is 274 g/mol. The van der Waals surface area contributed by atoms with Gasteiger partial charge < -0.3 is 10.2 Å². The van der Waals surface area contributed by atoms with E-state index in [9.17, 15) is 0 Å². The second-order valence-corrected chi connectivity index (χ2v) is 5.67. The van der Waals surface area contributed by atoms with Gasteiger partial charge in [0.05, 0.1) is 5.69 Å². The lowest BCUT2D eigenvalue weighted by Gasteiger charge is -2.37. The Labute approximate surface area is 119 Å². The van der Waals surface area contributed by atoms with Gasteiger partial charge in [0.2, 0.25) is 0 Å². The molecule has 3 heterocycles. The van der Waals surface area contributed by atoms with Crippen molar-refractivity contribution >= 4 is 11.3 Å². The highest BCUT2D eigenvalue weighted by atomic mass is 15.3. The molecule has 1 aliphatic heterocycles. The average molecular weight is 274 g/mol. The molecule has 6 heteroatoms. The summed E-state index contributed by atoms with van der Waals surface area (Å²) >= 11 is 0. The van der Waals surface area contributed by atoms with Crippen LogP contribution in [-0.4, -0.2) is 70.7 Å². The average Bonchev–Trinajstić information content (AvgIpc) is 2.80. The first kappa shape index (κ1) is 13.3. The molecule has 1 N–H and O–H groups in total. The fraction of sp³-hybridized carbons (Fsp3) is 0.571. The zero-order valence-electron chi connectivity index (χ0n) is 12.4. The van der Waals surface area contributed by atoms with Gasteiger partial charge in [-0.2, -0.15) is 5.10 Å². The molecule has 2 aromatic rings. The van der Waals surface area contributed by atoms with E-state index in [4.69, 9.17) is 0 Å². The van der Waals surface area contributed by atoms with Crippen LogP contribution in [0.4, 0.5) is 5.82 Å². The molecule has 1 unspecified atom stereocenters. The van der Waals surface area contributed by atoms with E-state index in [1.165, 1.54) is 0 Å². The summed E-state index contributed by atoms with van der Waals surface area (Å²) < 4.78 is 1.88. The Morgan fingerprint density at radius 2 is 2.20 bits per heavy atom. The van der Waals surface area contributed by atoms with E-state index in [0.29, 0.717) is 6.04 Å². The molecule has 0 bridgehead atoms. The van der Waals surface area contributed by atoms with Gasteiger partial charge in [0.25, 0.3) is 0 Å². The Bertz CT molecular complexity index is 592. The Morgan fingerprint density at radius 1 is 1.35 bits per heavy atom. The zero-order valence-corrected chi connectivity index (χ0v) is 12.4. The lowest BCUT2D eigenvalue weighted by molar-refractivity contribution is 0.122. The summed E-state index contributed by atoms with van der Waals surface area (Å²) in [6.07, 6.45) is 3.67. The quantitative estimate of drug-likeness (QED) is 0.892. The van der Waals surface area contributed by atoms with Crippen LogP contribution in [-0.2, 0) is 0 Å². The molecule has 1 atom stereocenters. The molecule has 0 amide bonds. The third-order valence-electron chi connectivity index (χ3n) is 4.00. The fourth-order valence-electron chi connectivity index (χ4n) is 2.72. The SMILES string of the molecule is Cc1cc2c(NCC3CN(C)CCN3C)nccn2n1. The third kappa shape index (κ3) is 2.62. The van der Waals surface area contributed by atoms with Crippen LogP contribution < -0.4 is 5.32 Å². The Hall–Kier alpha value is -1.66. The van der Waals surface area contributed by atoms with Crippen molar-refractivity contribution in [2.45, 2.75) is 13.0 Å². The van der Waals surface area contributed by atoms with Gasteiger partial charge >= 0.3 is 0 Å². The maximum atomic E-state index is 4.44. The summed E-state index contributed by atoms with van der Waals surface area (Å²) in [6.45, 7) is 6.25. The summed E-state index contributed by atoms with van der Waals surface area (Å²) in [6, 6.07) is 2.58. The normalized spacial score (nSPS) is 21.4. The van der Waals surface area contributed by atoms with Crippen LogP contribution in [0.3, 0.4) is 0 Å². The van der Waals surface area contributed by atoms with Crippen LogP contribution in [0.15, 0.2) is 18.5 Å². The number of nitrogens with zero attached hydrogens (tertiary/aromatic N) is 5. The van der Waals surface area contributed by atoms with E-state index >= 15 is 0 Å². The summed E-state index contributed by atoms with van der Waals surface area (Å²) in [5, 5.41) is 7.89. The predicted octanol–water partition coefficient (Wildman–Crippen LogP) is 0.695. The van der Waals surface area contributed by atoms with Gasteiger partial charge in [-0.3, -0.25) is 4.90 Å². The van der Waals surface area contributed by atoms with E-state index < -0.39 is 0 Å². The van der Waals surface area contributed by atoms with Crippen molar-refractivity contribution < 1.29 is 0 Å². The summed E-state index contributed by atoms with van der Waals surface area (Å²) in [5.41, 5.74) is 2.05. The molecule has 0 radical (unpaired) electrons. The van der Waals surface area contributed by atoms with Crippen molar-refractivity contribution in [1.82, 2.24) is 24.4 Å². The summed E-state index contributed by atoms with van der Waals surface area (Å²) in [5.74, 6) is 0.912. The van der Waals surface area contributed by atoms with E-state index in [2.05, 4.69) is 45.4 Å². The first-order valence-corrected chi connectivity index (χ1v) is 7.07. The van der Waals surface area contributed by atoms with Crippen LogP contribution >= 0.6 is 0 Å². The smallest absolute Gasteiger partial charge is 0.152 e. The molecule has 0 spiro atoms. The van der Waals surface area contributed by atoms with Crippen molar-refractivity contribution in [2.75, 3.05) is 45.6 Å². The minimum Gasteiger partial charge on any atom is -0.367 e. The number of anilines is 1. The number of likely N-dealkylation sites (N-methyl/N-ethyl adjacent to an activating group) is 2. The lowest BCUT2D eigenvalue weighted by atomic mass is 10.2. The number of aromatic nitrogens is 3. The first-order valence-electron chi connectivity index (χ1n) is 7.07. The van der Waals surface area contributed by atoms with Gasteiger partial charge in [0, 0.05) is 44.6 Å². The van der Waals surface area contributed by atoms with Crippen molar-refractivity contribution in [2.24, 2.45) is 0 Å². The summed E-state index contributed by atoms with van der Waals surface area (Å²) in [7, 11) is 4.37. The highest BCUT2D eigenvalue weighted by Crippen LogP contribution is 2.15. The Balaban J connectivity index is 1.73. The molecule has 0 aliphatic carbocycles. The van der Waals surface area contributed by atoms with Crippen LogP contribution in [0, 0.1) is 6.92 Å². The Morgan fingerprint density at radius 3 is 3.05 bits per heavy atom. The van der Waals surface area contributed by atoms with Crippen LogP contribution in [0.1, 0.15) is 5.69 Å². The maximum Gasteiger partial charge on any atom is 0.152 e.